The van der Waals surface area contributed by atoms with Gasteiger partial charge in [0, 0.05) is 12.3 Å². The number of allylic oxidation sites excluding steroid dienone is 4. The van der Waals surface area contributed by atoms with Gasteiger partial charge in [-0.2, -0.15) is 0 Å². The summed E-state index contributed by atoms with van der Waals surface area (Å²) in [5, 5.41) is 56.3. The van der Waals surface area contributed by atoms with Crippen molar-refractivity contribution in [3.63, 3.8) is 0 Å². The van der Waals surface area contributed by atoms with Crippen LogP contribution in [0.5, 0.6) is 0 Å². The molecule has 0 aromatic heterocycles. The number of aliphatic hydroxyl groups excluding tert-OH is 4. The van der Waals surface area contributed by atoms with Gasteiger partial charge in [-0.25, -0.2) is 0 Å². The van der Waals surface area contributed by atoms with Crippen molar-refractivity contribution in [3.8, 4) is 0 Å². The molecule has 3 aliphatic carbocycles. The number of hydrogen-bond donors (Lipinski definition) is 7. The van der Waals surface area contributed by atoms with E-state index in [9.17, 15) is 35.1 Å². The smallest absolute Gasteiger partial charge is 0.187 e. The second-order valence-electron chi connectivity index (χ2n) is 12.2. The molecule has 5 unspecified atom stereocenters. The zero-order valence-electron chi connectivity index (χ0n) is 22.4. The molecule has 9 N–H and O–H groups in total. The molecule has 39 heavy (non-hydrogen) atoms. The Hall–Kier alpha value is -1.70. The topological polar surface area (TPSA) is 196 Å². The average molecular weight is 552 g/mol. The lowest BCUT2D eigenvalue weighted by atomic mass is 9.59. The van der Waals surface area contributed by atoms with Crippen molar-refractivity contribution in [2.45, 2.75) is 94.3 Å². The summed E-state index contributed by atoms with van der Waals surface area (Å²) in [4.78, 5) is 27.1. The van der Waals surface area contributed by atoms with Crippen molar-refractivity contribution in [3.05, 3.63) is 23.5 Å². The quantitative estimate of drug-likeness (QED) is 0.210. The van der Waals surface area contributed by atoms with Gasteiger partial charge >= 0.3 is 0 Å². The third-order valence-electron chi connectivity index (χ3n) is 9.70. The number of carbonyl (C=O) groups excluding carboxylic acids is 2. The van der Waals surface area contributed by atoms with E-state index in [1.165, 1.54) is 6.08 Å². The SMILES string of the molecule is CC1=C[C@H]2C(=O)C3CCCC(O[C@H]4O[C@H](CO)[C@@H](O)[C@@](O)(CCC5CC[NH2+]C(N)C5)[C@H]4O)C3C(=O)[C@@H]2C(O)=C1. The van der Waals surface area contributed by atoms with Gasteiger partial charge in [0.1, 0.15) is 41.6 Å². The lowest BCUT2D eigenvalue weighted by molar-refractivity contribution is -0.699. The maximum Gasteiger partial charge on any atom is 0.187 e. The summed E-state index contributed by atoms with van der Waals surface area (Å²) in [6.45, 7) is 2.03. The van der Waals surface area contributed by atoms with Crippen LogP contribution < -0.4 is 11.1 Å². The van der Waals surface area contributed by atoms with Gasteiger partial charge in [-0.3, -0.25) is 15.3 Å². The Morgan fingerprint density at radius 2 is 1.95 bits per heavy atom. The van der Waals surface area contributed by atoms with Crippen LogP contribution in [-0.2, 0) is 19.1 Å². The Bertz CT molecular complexity index is 1020. The first-order valence-corrected chi connectivity index (χ1v) is 14.3. The van der Waals surface area contributed by atoms with E-state index in [1.807, 2.05) is 0 Å². The first kappa shape index (κ1) is 28.8. The van der Waals surface area contributed by atoms with Gasteiger partial charge < -0.3 is 40.3 Å². The van der Waals surface area contributed by atoms with Gasteiger partial charge in [0.15, 0.2) is 12.1 Å². The number of nitrogens with two attached hydrogens (primary N) is 2. The van der Waals surface area contributed by atoms with Crippen LogP contribution in [-0.4, -0.2) is 92.7 Å². The van der Waals surface area contributed by atoms with Crippen LogP contribution in [0.4, 0.5) is 0 Å². The predicted molar refractivity (Wildman–Crippen MR) is 137 cm³/mol. The molecule has 0 amide bonds. The van der Waals surface area contributed by atoms with E-state index in [1.54, 1.807) is 13.0 Å². The normalized spacial score (nSPS) is 46.7. The Morgan fingerprint density at radius 1 is 1.18 bits per heavy atom. The van der Waals surface area contributed by atoms with Crippen molar-refractivity contribution < 1.29 is 49.9 Å². The largest absolute Gasteiger partial charge is 0.512 e. The molecule has 5 rings (SSSR count). The van der Waals surface area contributed by atoms with Gasteiger partial charge in [-0.1, -0.05) is 18.1 Å². The fourth-order valence-corrected chi connectivity index (χ4v) is 7.58. The van der Waals surface area contributed by atoms with Crippen LogP contribution in [0.15, 0.2) is 23.5 Å². The highest BCUT2D eigenvalue weighted by Gasteiger charge is 2.58. The molecule has 218 valence electrons. The molecule has 2 saturated heterocycles. The highest BCUT2D eigenvalue weighted by atomic mass is 16.7. The molecule has 0 spiro atoms. The lowest BCUT2D eigenvalue weighted by Crippen LogP contribution is -2.94. The second kappa shape index (κ2) is 11.3. The monoisotopic (exact) mass is 551 g/mol. The second-order valence-corrected chi connectivity index (χ2v) is 12.2. The van der Waals surface area contributed by atoms with Crippen LogP contribution in [0, 0.1) is 29.6 Å². The Morgan fingerprint density at radius 3 is 2.67 bits per heavy atom. The molecule has 0 radical (unpaired) electrons. The summed E-state index contributed by atoms with van der Waals surface area (Å²) in [6.07, 6.45) is 0.327. The number of ether oxygens (including phenoxy) is 2. The first-order valence-electron chi connectivity index (χ1n) is 14.3. The predicted octanol–water partition coefficient (Wildman–Crippen LogP) is -1.22. The van der Waals surface area contributed by atoms with E-state index in [0.717, 1.165) is 25.0 Å². The molecule has 0 aromatic rings. The van der Waals surface area contributed by atoms with E-state index in [4.69, 9.17) is 15.2 Å². The van der Waals surface area contributed by atoms with Gasteiger partial charge in [-0.05, 0) is 51.0 Å². The minimum atomic E-state index is -2.01. The minimum Gasteiger partial charge on any atom is -0.512 e. The molecule has 0 bridgehead atoms. The van der Waals surface area contributed by atoms with E-state index in [-0.39, 0.29) is 35.8 Å². The number of quaternary nitrogens is 1. The standard InChI is InChI=1S/C28H42N2O9/c1-13-9-16-21(17(32)10-13)24(34)22-15(23(16)33)3-2-4-18(22)38-27-26(36)28(37,25(35)19(12-31)39-27)7-5-14-6-8-30-20(29)11-14/h9-10,14-16,18-22,25-27,30-32,35-37H,2-8,11-12,29H2,1H3/p+1/t14?,15?,16-,18?,19-,20?,21+,22?,25-,26+,27+,28+/m1/s1. The molecule has 12 atom stereocenters. The summed E-state index contributed by atoms with van der Waals surface area (Å²) in [5.74, 6) is -3.39. The van der Waals surface area contributed by atoms with E-state index < -0.39 is 66.6 Å². The maximum atomic E-state index is 13.7. The molecule has 4 fully saturated rings. The fraction of sp³-hybridized carbons (Fsp3) is 0.786. The number of aliphatic hydroxyl groups is 5. The number of Topliss-reactive ketones (excluding diaryl/α,β-unsaturated/α-hetero) is 2. The minimum absolute atomic E-state index is 0.0309. The Kier molecular flexibility index (Phi) is 8.34. The van der Waals surface area contributed by atoms with Gasteiger partial charge in [-0.15, -0.1) is 0 Å². The van der Waals surface area contributed by atoms with Gasteiger partial charge in [0.25, 0.3) is 0 Å². The fourth-order valence-electron chi connectivity index (χ4n) is 7.58. The summed E-state index contributed by atoms with van der Waals surface area (Å²) in [6, 6.07) is 0. The van der Waals surface area contributed by atoms with Crippen molar-refractivity contribution in [1.82, 2.24) is 0 Å². The Balaban J connectivity index is 1.35. The number of rotatable bonds is 6. The zero-order valence-corrected chi connectivity index (χ0v) is 22.4. The molecule has 11 nitrogen and oxygen atoms in total. The van der Waals surface area contributed by atoms with Gasteiger partial charge in [0.2, 0.25) is 0 Å². The zero-order chi connectivity index (χ0) is 28.1. The summed E-state index contributed by atoms with van der Waals surface area (Å²) < 4.78 is 11.9. The van der Waals surface area contributed by atoms with Crippen molar-refractivity contribution in [1.29, 1.82) is 0 Å². The number of ketones is 2. The van der Waals surface area contributed by atoms with Crippen molar-refractivity contribution in [2.24, 2.45) is 35.3 Å². The van der Waals surface area contributed by atoms with Crippen molar-refractivity contribution in [2.75, 3.05) is 13.2 Å². The molecule has 2 saturated carbocycles. The first-order chi connectivity index (χ1) is 18.5. The van der Waals surface area contributed by atoms with Crippen molar-refractivity contribution >= 4 is 11.6 Å². The third-order valence-corrected chi connectivity index (χ3v) is 9.70. The van der Waals surface area contributed by atoms with Crippen LogP contribution in [0.25, 0.3) is 0 Å². The number of piperidine rings is 1. The molecule has 11 heteroatoms. The summed E-state index contributed by atoms with van der Waals surface area (Å²) in [5.41, 5.74) is 4.78. The summed E-state index contributed by atoms with van der Waals surface area (Å²) in [7, 11) is 0. The van der Waals surface area contributed by atoms with Crippen LogP contribution in [0.2, 0.25) is 0 Å². The van der Waals surface area contributed by atoms with Crippen LogP contribution >= 0.6 is 0 Å². The lowest BCUT2D eigenvalue weighted by Gasteiger charge is -2.50. The number of fused-ring (bicyclic) bond motifs is 2. The maximum absolute atomic E-state index is 13.7. The molecule has 2 aliphatic heterocycles. The van der Waals surface area contributed by atoms with E-state index in [2.05, 4.69) is 5.32 Å². The Labute approximate surface area is 228 Å². The molecule has 0 aromatic carbocycles. The molecular formula is C28H43N2O9+. The van der Waals surface area contributed by atoms with Gasteiger partial charge in [0.05, 0.1) is 37.0 Å². The number of hydrogen-bond acceptors (Lipinski definition) is 10. The average Bonchev–Trinajstić information content (AvgIpc) is 2.90. The summed E-state index contributed by atoms with van der Waals surface area (Å²) >= 11 is 0. The highest BCUT2D eigenvalue weighted by Crippen LogP contribution is 2.47. The molecule has 2 heterocycles. The number of carbonyl (C=O) groups is 2. The van der Waals surface area contributed by atoms with Crippen LogP contribution in [0.3, 0.4) is 0 Å². The van der Waals surface area contributed by atoms with E-state index in [0.29, 0.717) is 25.7 Å². The highest BCUT2D eigenvalue weighted by molar-refractivity contribution is 6.02. The third kappa shape index (κ3) is 5.24. The molecular weight excluding hydrogens is 508 g/mol. The van der Waals surface area contributed by atoms with Crippen LogP contribution in [0.1, 0.15) is 51.9 Å². The molecule has 5 aliphatic rings. The van der Waals surface area contributed by atoms with E-state index >= 15 is 0 Å².